The van der Waals surface area contributed by atoms with Crippen LogP contribution in [-0.2, 0) is 16.4 Å². The molecule has 0 atom stereocenters. The van der Waals surface area contributed by atoms with Crippen LogP contribution in [0.15, 0.2) is 42.5 Å². The van der Waals surface area contributed by atoms with E-state index < -0.39 is 15.8 Å². The van der Waals surface area contributed by atoms with Crippen LogP contribution in [0.1, 0.15) is 16.7 Å². The predicted octanol–water partition coefficient (Wildman–Crippen LogP) is 4.13. The summed E-state index contributed by atoms with van der Waals surface area (Å²) in [6, 6.07) is 9.40. The molecule has 0 unspecified atom stereocenters. The minimum atomic E-state index is -3.85. The molecule has 0 radical (unpaired) electrons. The van der Waals surface area contributed by atoms with Crippen molar-refractivity contribution in [2.45, 2.75) is 13.3 Å². The van der Waals surface area contributed by atoms with E-state index in [4.69, 9.17) is 11.6 Å². The van der Waals surface area contributed by atoms with Crippen LogP contribution in [0, 0.1) is 12.7 Å². The molecule has 0 amide bonds. The number of rotatable bonds is 3. The number of sulfonamides is 1. The van der Waals surface area contributed by atoms with Gasteiger partial charge in [-0.3, -0.25) is 4.72 Å². The first-order valence-electron chi connectivity index (χ1n) is 6.65. The molecule has 1 N–H and O–H groups in total. The summed E-state index contributed by atoms with van der Waals surface area (Å²) < 4.78 is 41.1. The number of hydrogen-bond donors (Lipinski definition) is 1. The molecule has 0 spiro atoms. The van der Waals surface area contributed by atoms with Gasteiger partial charge < -0.3 is 0 Å². The van der Waals surface area contributed by atoms with Crippen molar-refractivity contribution in [1.29, 1.82) is 0 Å². The molecule has 0 aromatic heterocycles. The summed E-state index contributed by atoms with van der Waals surface area (Å²) >= 11 is 5.67. The van der Waals surface area contributed by atoms with E-state index in [0.717, 1.165) is 17.2 Å². The van der Waals surface area contributed by atoms with E-state index in [2.05, 4.69) is 4.72 Å². The summed E-state index contributed by atoms with van der Waals surface area (Å²) in [7, 11) is -3.85. The Morgan fingerprint density at radius 1 is 1.18 bits per heavy atom. The van der Waals surface area contributed by atoms with E-state index in [9.17, 15) is 12.8 Å². The summed E-state index contributed by atoms with van der Waals surface area (Å²) in [5.74, 6) is -0.709. The molecule has 0 bridgehead atoms. The molecular formula is C16H13ClFNO2S. The zero-order valence-corrected chi connectivity index (χ0v) is 13.3. The largest absolute Gasteiger partial charge is 0.277 e. The van der Waals surface area contributed by atoms with E-state index in [1.807, 2.05) is 19.1 Å². The van der Waals surface area contributed by atoms with Gasteiger partial charge in [0.2, 0.25) is 0 Å². The molecule has 0 saturated carbocycles. The highest BCUT2D eigenvalue weighted by molar-refractivity contribution is 8.01. The van der Waals surface area contributed by atoms with Crippen LogP contribution in [0.5, 0.6) is 0 Å². The highest BCUT2D eigenvalue weighted by Gasteiger charge is 2.26. The molecule has 0 fully saturated rings. The van der Waals surface area contributed by atoms with Crippen LogP contribution in [0.4, 0.5) is 10.1 Å². The maximum Gasteiger partial charge on any atom is 0.262 e. The lowest BCUT2D eigenvalue weighted by Crippen LogP contribution is -2.14. The third-order valence-electron chi connectivity index (χ3n) is 3.50. The number of aryl methyl sites for hydroxylation is 1. The first-order chi connectivity index (χ1) is 10.4. The van der Waals surface area contributed by atoms with Gasteiger partial charge in [-0.25, -0.2) is 12.8 Å². The number of hydrogen-bond acceptors (Lipinski definition) is 2. The number of nitrogens with one attached hydrogen (secondary N) is 1. The summed E-state index contributed by atoms with van der Waals surface area (Å²) in [4.78, 5) is 0.178. The first-order valence-corrected chi connectivity index (χ1v) is 8.51. The Hall–Kier alpha value is -1.85. The van der Waals surface area contributed by atoms with Crippen LogP contribution >= 0.6 is 11.6 Å². The topological polar surface area (TPSA) is 46.2 Å². The molecule has 22 heavy (non-hydrogen) atoms. The van der Waals surface area contributed by atoms with Gasteiger partial charge in [-0.05, 0) is 42.7 Å². The highest BCUT2D eigenvalue weighted by Crippen LogP contribution is 2.33. The maximum absolute atomic E-state index is 13.8. The lowest BCUT2D eigenvalue weighted by atomic mass is 10.1. The Kier molecular flexibility index (Phi) is 3.70. The van der Waals surface area contributed by atoms with Crippen LogP contribution < -0.4 is 4.72 Å². The van der Waals surface area contributed by atoms with Gasteiger partial charge in [0.1, 0.15) is 5.82 Å². The monoisotopic (exact) mass is 337 g/mol. The van der Waals surface area contributed by atoms with Gasteiger partial charge >= 0.3 is 0 Å². The minimum absolute atomic E-state index is 0.120. The summed E-state index contributed by atoms with van der Waals surface area (Å²) in [6.45, 7) is 1.95. The van der Waals surface area contributed by atoms with Crippen molar-refractivity contribution in [3.63, 3.8) is 0 Å². The molecule has 2 aromatic carbocycles. The van der Waals surface area contributed by atoms with Crippen LogP contribution in [0.25, 0.3) is 4.91 Å². The average Bonchev–Trinajstić information content (AvgIpc) is 2.85. The van der Waals surface area contributed by atoms with Crippen LogP contribution in [0.3, 0.4) is 0 Å². The van der Waals surface area contributed by atoms with E-state index in [1.54, 1.807) is 12.1 Å². The summed E-state index contributed by atoms with van der Waals surface area (Å²) in [5, 5.41) is 0.210. The second-order valence-electron chi connectivity index (χ2n) is 5.16. The molecule has 1 aliphatic carbocycles. The average molecular weight is 338 g/mol. The normalized spacial score (nSPS) is 13.7. The molecule has 3 rings (SSSR count). The molecule has 1 aliphatic rings. The molecule has 6 heteroatoms. The van der Waals surface area contributed by atoms with Crippen molar-refractivity contribution in [1.82, 2.24) is 0 Å². The van der Waals surface area contributed by atoms with Crippen molar-refractivity contribution >= 4 is 32.2 Å². The van der Waals surface area contributed by atoms with E-state index in [-0.39, 0.29) is 15.6 Å². The minimum Gasteiger partial charge on any atom is -0.277 e. The fourth-order valence-corrected chi connectivity index (χ4v) is 3.99. The van der Waals surface area contributed by atoms with Gasteiger partial charge in [0.25, 0.3) is 10.0 Å². The van der Waals surface area contributed by atoms with E-state index in [1.165, 1.54) is 12.1 Å². The number of allylic oxidation sites excluding steroid dienone is 1. The molecular weight excluding hydrogens is 325 g/mol. The van der Waals surface area contributed by atoms with Gasteiger partial charge in [0.15, 0.2) is 0 Å². The quantitative estimate of drug-likeness (QED) is 0.915. The zero-order valence-electron chi connectivity index (χ0n) is 11.7. The predicted molar refractivity (Wildman–Crippen MR) is 86.8 cm³/mol. The Labute approximate surface area is 133 Å². The Morgan fingerprint density at radius 2 is 1.95 bits per heavy atom. The zero-order chi connectivity index (χ0) is 15.9. The molecule has 0 aliphatic heterocycles. The molecule has 114 valence electrons. The number of halogens is 2. The lowest BCUT2D eigenvalue weighted by molar-refractivity contribution is 0.607. The Bertz CT molecular complexity index is 891. The third kappa shape index (κ3) is 2.74. The molecule has 0 saturated heterocycles. The van der Waals surface area contributed by atoms with E-state index >= 15 is 0 Å². The van der Waals surface area contributed by atoms with Gasteiger partial charge in [0, 0.05) is 5.02 Å². The maximum atomic E-state index is 13.8. The SMILES string of the molecule is Cc1ccc2c(c1)CC=C2S(=O)(=O)Nc1ccc(Cl)cc1F. The Morgan fingerprint density at radius 3 is 2.68 bits per heavy atom. The van der Waals surface area contributed by atoms with Gasteiger partial charge in [0.05, 0.1) is 10.6 Å². The van der Waals surface area contributed by atoms with E-state index in [0.29, 0.717) is 12.0 Å². The summed E-state index contributed by atoms with van der Waals surface area (Å²) in [5.41, 5.74) is 2.57. The van der Waals surface area contributed by atoms with Crippen LogP contribution in [0.2, 0.25) is 5.02 Å². The van der Waals surface area contributed by atoms with Crippen molar-refractivity contribution in [2.75, 3.05) is 4.72 Å². The lowest BCUT2D eigenvalue weighted by Gasteiger charge is -2.11. The van der Waals surface area contributed by atoms with Crippen molar-refractivity contribution in [2.24, 2.45) is 0 Å². The molecule has 0 heterocycles. The Balaban J connectivity index is 1.96. The van der Waals surface area contributed by atoms with Crippen molar-refractivity contribution in [3.8, 4) is 0 Å². The number of anilines is 1. The standard InChI is InChI=1S/C16H13ClFNO2S/c1-10-2-5-13-11(8-10)3-7-16(13)22(20,21)19-15-6-4-12(17)9-14(15)18/h2,4-9,19H,3H2,1H3. The number of benzene rings is 2. The molecule has 3 nitrogen and oxygen atoms in total. The fraction of sp³-hybridized carbons (Fsp3) is 0.125. The second kappa shape index (κ2) is 5.41. The van der Waals surface area contributed by atoms with Crippen molar-refractivity contribution in [3.05, 3.63) is 70.0 Å². The molecule has 2 aromatic rings. The van der Waals surface area contributed by atoms with Crippen LogP contribution in [-0.4, -0.2) is 8.42 Å². The first kappa shape index (κ1) is 15.1. The third-order valence-corrected chi connectivity index (χ3v) is 5.19. The fourth-order valence-electron chi connectivity index (χ4n) is 2.47. The number of fused-ring (bicyclic) bond motifs is 1. The van der Waals surface area contributed by atoms with Gasteiger partial charge in [-0.1, -0.05) is 41.4 Å². The summed E-state index contributed by atoms with van der Waals surface area (Å²) in [6.07, 6.45) is 2.19. The highest BCUT2D eigenvalue weighted by atomic mass is 35.5. The van der Waals surface area contributed by atoms with Gasteiger partial charge in [-0.15, -0.1) is 0 Å². The second-order valence-corrected chi connectivity index (χ2v) is 7.25. The smallest absolute Gasteiger partial charge is 0.262 e. The van der Waals surface area contributed by atoms with Crippen molar-refractivity contribution < 1.29 is 12.8 Å². The van der Waals surface area contributed by atoms with Gasteiger partial charge in [-0.2, -0.15) is 0 Å².